The fraction of sp³-hybridized carbons (Fsp3) is 0.538. The van der Waals surface area contributed by atoms with Gasteiger partial charge < -0.3 is 25.5 Å². The van der Waals surface area contributed by atoms with Crippen LogP contribution in [0.4, 0.5) is 15.8 Å². The first-order valence-electron chi connectivity index (χ1n) is 6.36. The zero-order valence-corrected chi connectivity index (χ0v) is 10.6. The van der Waals surface area contributed by atoms with E-state index in [1.165, 1.54) is 6.07 Å². The first-order valence-corrected chi connectivity index (χ1v) is 6.36. The van der Waals surface area contributed by atoms with Crippen LogP contribution in [0.1, 0.15) is 6.42 Å². The van der Waals surface area contributed by atoms with Crippen molar-refractivity contribution in [3.63, 3.8) is 0 Å². The van der Waals surface area contributed by atoms with Crippen molar-refractivity contribution >= 4 is 11.4 Å². The summed E-state index contributed by atoms with van der Waals surface area (Å²) in [5, 5.41) is 30.6. The molecular formula is C13H19FN2O3. The minimum absolute atomic E-state index is 0.142. The number of nitrogens with one attached hydrogen (secondary N) is 1. The summed E-state index contributed by atoms with van der Waals surface area (Å²) >= 11 is 0. The van der Waals surface area contributed by atoms with E-state index in [2.05, 4.69) is 5.32 Å². The lowest BCUT2D eigenvalue weighted by Crippen LogP contribution is -2.26. The number of benzene rings is 1. The molecule has 1 aliphatic heterocycles. The van der Waals surface area contributed by atoms with Crippen molar-refractivity contribution in [1.29, 1.82) is 0 Å². The average molecular weight is 270 g/mol. The Balaban J connectivity index is 2.16. The molecule has 1 heterocycles. The highest BCUT2D eigenvalue weighted by molar-refractivity contribution is 5.71. The summed E-state index contributed by atoms with van der Waals surface area (Å²) in [7, 11) is 0. The number of hydrogen-bond donors (Lipinski definition) is 4. The van der Waals surface area contributed by atoms with E-state index in [-0.39, 0.29) is 19.0 Å². The Bertz CT molecular complexity index is 430. The molecule has 0 aliphatic carbocycles. The SMILES string of the molecule is OCC(O)CNc1cccc(F)c1N1CCC(O)C1. The zero-order valence-electron chi connectivity index (χ0n) is 10.6. The highest BCUT2D eigenvalue weighted by atomic mass is 19.1. The van der Waals surface area contributed by atoms with Gasteiger partial charge in [-0.05, 0) is 18.6 Å². The number of hydrogen-bond acceptors (Lipinski definition) is 5. The monoisotopic (exact) mass is 270 g/mol. The first kappa shape index (κ1) is 14.0. The highest BCUT2D eigenvalue weighted by Crippen LogP contribution is 2.31. The normalized spacial score (nSPS) is 20.6. The van der Waals surface area contributed by atoms with Gasteiger partial charge in [0.2, 0.25) is 0 Å². The van der Waals surface area contributed by atoms with Gasteiger partial charge >= 0.3 is 0 Å². The molecule has 0 radical (unpaired) electrons. The molecule has 0 saturated carbocycles. The summed E-state index contributed by atoms with van der Waals surface area (Å²) < 4.78 is 14.0. The first-order chi connectivity index (χ1) is 9.11. The lowest BCUT2D eigenvalue weighted by atomic mass is 10.2. The molecule has 0 spiro atoms. The topological polar surface area (TPSA) is 76.0 Å². The molecular weight excluding hydrogens is 251 g/mol. The van der Waals surface area contributed by atoms with Gasteiger partial charge in [0.1, 0.15) is 5.82 Å². The molecule has 2 atom stereocenters. The van der Waals surface area contributed by atoms with Crippen molar-refractivity contribution < 1.29 is 19.7 Å². The van der Waals surface area contributed by atoms with E-state index in [9.17, 15) is 14.6 Å². The Morgan fingerprint density at radius 1 is 1.47 bits per heavy atom. The van der Waals surface area contributed by atoms with Crippen molar-refractivity contribution in [3.8, 4) is 0 Å². The summed E-state index contributed by atoms with van der Waals surface area (Å²) in [5.74, 6) is -0.363. The molecule has 1 fully saturated rings. The molecule has 5 nitrogen and oxygen atoms in total. The van der Waals surface area contributed by atoms with Crippen molar-refractivity contribution in [3.05, 3.63) is 24.0 Å². The largest absolute Gasteiger partial charge is 0.394 e. The maximum absolute atomic E-state index is 14.0. The van der Waals surface area contributed by atoms with Crippen LogP contribution in [0.15, 0.2) is 18.2 Å². The minimum atomic E-state index is -0.889. The third-order valence-corrected chi connectivity index (χ3v) is 3.21. The number of β-amino-alcohol motifs (C(OH)–C–C–N with tert-alkyl or cyclic N) is 1. The Labute approximate surface area is 111 Å². The molecule has 1 aromatic rings. The van der Waals surface area contributed by atoms with E-state index >= 15 is 0 Å². The molecule has 1 aliphatic rings. The molecule has 2 unspecified atom stereocenters. The van der Waals surface area contributed by atoms with Crippen LogP contribution in [0.3, 0.4) is 0 Å². The predicted octanol–water partition coefficient (Wildman–Crippen LogP) is 0.162. The molecule has 106 valence electrons. The highest BCUT2D eigenvalue weighted by Gasteiger charge is 2.24. The molecule has 6 heteroatoms. The van der Waals surface area contributed by atoms with E-state index in [1.54, 1.807) is 17.0 Å². The van der Waals surface area contributed by atoms with E-state index in [0.717, 1.165) is 0 Å². The van der Waals surface area contributed by atoms with Gasteiger partial charge in [-0.2, -0.15) is 0 Å². The standard InChI is InChI=1S/C13H19FN2O3/c14-11-2-1-3-12(15-6-10(19)8-17)13(11)16-5-4-9(18)7-16/h1-3,9-10,15,17-19H,4-8H2. The number of aliphatic hydroxyl groups is 3. The van der Waals surface area contributed by atoms with Gasteiger partial charge in [0, 0.05) is 19.6 Å². The van der Waals surface area contributed by atoms with Crippen molar-refractivity contribution in [1.82, 2.24) is 0 Å². The number of aliphatic hydroxyl groups excluding tert-OH is 3. The van der Waals surface area contributed by atoms with Crippen molar-refractivity contribution in [2.24, 2.45) is 0 Å². The van der Waals surface area contributed by atoms with Crippen LogP contribution >= 0.6 is 0 Å². The Kier molecular flexibility index (Phi) is 4.57. The van der Waals surface area contributed by atoms with E-state index in [4.69, 9.17) is 5.11 Å². The average Bonchev–Trinajstić information content (AvgIpc) is 2.82. The summed E-state index contributed by atoms with van der Waals surface area (Å²) in [6, 6.07) is 4.67. The molecule has 2 rings (SSSR count). The predicted molar refractivity (Wildman–Crippen MR) is 70.8 cm³/mol. The second-order valence-corrected chi connectivity index (χ2v) is 4.74. The number of anilines is 2. The molecule has 0 aromatic heterocycles. The number of para-hydroxylation sites is 1. The van der Waals surface area contributed by atoms with Crippen molar-refractivity contribution in [2.45, 2.75) is 18.6 Å². The maximum Gasteiger partial charge on any atom is 0.148 e. The van der Waals surface area contributed by atoms with Crippen LogP contribution < -0.4 is 10.2 Å². The molecule has 0 amide bonds. The van der Waals surface area contributed by atoms with Gasteiger partial charge in [-0.1, -0.05) is 6.07 Å². The fourth-order valence-electron chi connectivity index (χ4n) is 2.22. The lowest BCUT2D eigenvalue weighted by Gasteiger charge is -2.23. The third-order valence-electron chi connectivity index (χ3n) is 3.21. The van der Waals surface area contributed by atoms with Gasteiger partial charge in [-0.3, -0.25) is 0 Å². The number of nitrogens with zero attached hydrogens (tertiary/aromatic N) is 1. The van der Waals surface area contributed by atoms with E-state index in [1.807, 2.05) is 0 Å². The van der Waals surface area contributed by atoms with Gasteiger partial charge in [-0.25, -0.2) is 4.39 Å². The van der Waals surface area contributed by atoms with Gasteiger partial charge in [0.25, 0.3) is 0 Å². The summed E-state index contributed by atoms with van der Waals surface area (Å²) in [6.07, 6.45) is -0.705. The third kappa shape index (κ3) is 3.34. The minimum Gasteiger partial charge on any atom is -0.394 e. The fourth-order valence-corrected chi connectivity index (χ4v) is 2.22. The van der Waals surface area contributed by atoms with Crippen LogP contribution in [-0.2, 0) is 0 Å². The molecule has 1 saturated heterocycles. The smallest absolute Gasteiger partial charge is 0.148 e. The van der Waals surface area contributed by atoms with Gasteiger partial charge in [0.05, 0.1) is 30.2 Å². The quantitative estimate of drug-likeness (QED) is 0.613. The maximum atomic E-state index is 14.0. The Hall–Kier alpha value is -1.37. The summed E-state index contributed by atoms with van der Waals surface area (Å²) in [5.41, 5.74) is 0.964. The van der Waals surface area contributed by atoms with Gasteiger partial charge in [0.15, 0.2) is 0 Å². The van der Waals surface area contributed by atoms with Crippen LogP contribution in [0, 0.1) is 5.82 Å². The van der Waals surface area contributed by atoms with Crippen LogP contribution in [0.5, 0.6) is 0 Å². The van der Waals surface area contributed by atoms with Crippen molar-refractivity contribution in [2.75, 3.05) is 36.5 Å². The van der Waals surface area contributed by atoms with Gasteiger partial charge in [-0.15, -0.1) is 0 Å². The van der Waals surface area contributed by atoms with Crippen LogP contribution in [-0.4, -0.2) is 53.8 Å². The Morgan fingerprint density at radius 2 is 2.26 bits per heavy atom. The lowest BCUT2D eigenvalue weighted by molar-refractivity contribution is 0.105. The van der Waals surface area contributed by atoms with E-state index in [0.29, 0.717) is 30.9 Å². The van der Waals surface area contributed by atoms with Crippen LogP contribution in [0.25, 0.3) is 0 Å². The second kappa shape index (κ2) is 6.18. The Morgan fingerprint density at radius 3 is 2.89 bits per heavy atom. The second-order valence-electron chi connectivity index (χ2n) is 4.74. The summed E-state index contributed by atoms with van der Waals surface area (Å²) in [6.45, 7) is 0.793. The summed E-state index contributed by atoms with van der Waals surface area (Å²) in [4.78, 5) is 1.79. The number of rotatable bonds is 5. The molecule has 0 bridgehead atoms. The molecule has 1 aromatic carbocycles. The molecule has 19 heavy (non-hydrogen) atoms. The molecule has 4 N–H and O–H groups in total. The van der Waals surface area contributed by atoms with E-state index < -0.39 is 12.2 Å². The zero-order chi connectivity index (χ0) is 13.8. The van der Waals surface area contributed by atoms with Crippen LogP contribution in [0.2, 0.25) is 0 Å². The number of halogens is 1.